The summed E-state index contributed by atoms with van der Waals surface area (Å²) in [4.78, 5) is 51.3. The summed E-state index contributed by atoms with van der Waals surface area (Å²) in [6.45, 7) is 11.9. The fourth-order valence-corrected chi connectivity index (χ4v) is 6.16. The Bertz CT molecular complexity index is 2050. The Morgan fingerprint density at radius 1 is 1.12 bits per heavy atom. The van der Waals surface area contributed by atoms with Crippen LogP contribution in [0.25, 0.3) is 39.0 Å². The van der Waals surface area contributed by atoms with Gasteiger partial charge in [-0.3, -0.25) is 33.6 Å². The van der Waals surface area contributed by atoms with E-state index in [0.717, 1.165) is 16.6 Å². The summed E-state index contributed by atoms with van der Waals surface area (Å²) in [5.41, 5.74) is 2.70. The van der Waals surface area contributed by atoms with E-state index in [2.05, 4.69) is 21.8 Å². The van der Waals surface area contributed by atoms with Crippen LogP contribution in [0.1, 0.15) is 55.5 Å². The number of hydrogen-bond acceptors (Lipinski definition) is 6. The topological polar surface area (TPSA) is 119 Å². The van der Waals surface area contributed by atoms with E-state index < -0.39 is 23.0 Å². The molecule has 10 nitrogen and oxygen atoms in total. The van der Waals surface area contributed by atoms with E-state index in [9.17, 15) is 14.4 Å². The number of nitrogens with one attached hydrogen (secondary N) is 1. The Kier molecular flexibility index (Phi) is 7.03. The van der Waals surface area contributed by atoms with Crippen molar-refractivity contribution in [2.45, 2.75) is 52.5 Å². The third-order valence-corrected chi connectivity index (χ3v) is 8.32. The van der Waals surface area contributed by atoms with Crippen molar-refractivity contribution in [1.29, 1.82) is 0 Å². The van der Waals surface area contributed by atoms with E-state index in [-0.39, 0.29) is 28.7 Å². The molecule has 0 atom stereocenters. The first kappa shape index (κ1) is 28.2. The molecule has 5 aromatic rings. The molecule has 1 fully saturated rings. The van der Waals surface area contributed by atoms with E-state index in [0.29, 0.717) is 48.3 Å². The number of H-pyrrole nitrogens is 1. The number of halogens is 1. The summed E-state index contributed by atoms with van der Waals surface area (Å²) < 4.78 is 18.9. The van der Waals surface area contributed by atoms with Gasteiger partial charge in [0.05, 0.1) is 28.6 Å². The minimum Gasteiger partial charge on any atom is -0.339 e. The number of pyridine rings is 2. The Morgan fingerprint density at radius 2 is 1.86 bits per heavy atom. The van der Waals surface area contributed by atoms with Crippen LogP contribution in [0.15, 0.2) is 58.9 Å². The van der Waals surface area contributed by atoms with Gasteiger partial charge in [0.2, 0.25) is 5.91 Å². The van der Waals surface area contributed by atoms with Gasteiger partial charge in [0.25, 0.3) is 0 Å². The molecular formula is C32H32FN7O3. The highest BCUT2D eigenvalue weighted by atomic mass is 19.1. The zero-order chi connectivity index (χ0) is 30.6. The molecule has 0 saturated carbocycles. The predicted molar refractivity (Wildman–Crippen MR) is 163 cm³/mol. The number of aryl methyl sites for hydroxylation is 2. The minimum absolute atomic E-state index is 0.0504. The molecule has 1 N–H and O–H groups in total. The van der Waals surface area contributed by atoms with Gasteiger partial charge < -0.3 is 4.90 Å². The first-order chi connectivity index (χ1) is 20.6. The summed E-state index contributed by atoms with van der Waals surface area (Å²) in [6, 6.07) is 6.37. The van der Waals surface area contributed by atoms with E-state index >= 15 is 4.39 Å². The first-order valence-electron chi connectivity index (χ1n) is 14.3. The van der Waals surface area contributed by atoms with Gasteiger partial charge in [0.15, 0.2) is 11.5 Å². The van der Waals surface area contributed by atoms with E-state index in [1.165, 1.54) is 21.3 Å². The van der Waals surface area contributed by atoms with Gasteiger partial charge in [-0.1, -0.05) is 26.5 Å². The summed E-state index contributed by atoms with van der Waals surface area (Å²) in [6.07, 6.45) is 5.38. The number of aromatic nitrogens is 6. The highest BCUT2D eigenvalue weighted by Gasteiger charge is 2.29. The largest absolute Gasteiger partial charge is 0.339 e. The molecule has 6 rings (SSSR count). The Morgan fingerprint density at radius 3 is 2.56 bits per heavy atom. The van der Waals surface area contributed by atoms with Crippen LogP contribution in [0, 0.1) is 19.7 Å². The van der Waals surface area contributed by atoms with E-state index in [4.69, 9.17) is 4.98 Å². The van der Waals surface area contributed by atoms with Crippen molar-refractivity contribution in [1.82, 2.24) is 34.2 Å². The average Bonchev–Trinajstić information content (AvgIpc) is 3.47. The summed E-state index contributed by atoms with van der Waals surface area (Å²) in [7, 11) is 0. The number of rotatable bonds is 5. The number of aromatic amines is 1. The van der Waals surface area contributed by atoms with Crippen LogP contribution in [-0.2, 0) is 4.79 Å². The minimum atomic E-state index is -0.793. The molecule has 4 aromatic heterocycles. The van der Waals surface area contributed by atoms with Gasteiger partial charge in [0.1, 0.15) is 5.69 Å². The van der Waals surface area contributed by atoms with Crippen LogP contribution in [0.5, 0.6) is 0 Å². The fourth-order valence-electron chi connectivity index (χ4n) is 6.16. The maximum absolute atomic E-state index is 16.3. The van der Waals surface area contributed by atoms with Gasteiger partial charge in [-0.2, -0.15) is 5.10 Å². The number of amides is 1. The van der Waals surface area contributed by atoms with E-state index in [1.54, 1.807) is 23.4 Å². The van der Waals surface area contributed by atoms with Gasteiger partial charge in [-0.25, -0.2) is 9.37 Å². The summed E-state index contributed by atoms with van der Waals surface area (Å²) >= 11 is 0. The first-order valence-corrected chi connectivity index (χ1v) is 14.3. The zero-order valence-electron chi connectivity index (χ0n) is 24.5. The Labute approximate surface area is 246 Å². The highest BCUT2D eigenvalue weighted by molar-refractivity contribution is 5.96. The van der Waals surface area contributed by atoms with Crippen molar-refractivity contribution >= 4 is 28.0 Å². The molecule has 1 aliphatic heterocycles. The molecule has 0 unspecified atom stereocenters. The third kappa shape index (κ3) is 4.55. The molecule has 0 spiro atoms. The van der Waals surface area contributed by atoms with Crippen LogP contribution < -0.4 is 11.1 Å². The molecule has 0 radical (unpaired) electrons. The number of hydrogen-bond donors (Lipinski definition) is 1. The smallest absolute Gasteiger partial charge is 0.322 e. The predicted octanol–water partition coefficient (Wildman–Crippen LogP) is 4.71. The molecule has 5 heterocycles. The highest BCUT2D eigenvalue weighted by Crippen LogP contribution is 2.35. The standard InChI is InChI=1S/C32H32FN7O3/c1-6-25(41)38-13-10-20(11-14-38)39-24-15-22(33)28(26-18(4)7-8-23-21(26)16-35-37-23)36-30(24)40(32(43)31(39)42)29-19(5)9-12-34-27(29)17(2)3/h6-9,12,15-17,20H,1,10-11,13-14H2,2-5H3,(H,35,37). The lowest BCUT2D eigenvalue weighted by molar-refractivity contribution is -0.127. The van der Waals surface area contributed by atoms with Crippen LogP contribution in [0.3, 0.4) is 0 Å². The van der Waals surface area contributed by atoms with Crippen LogP contribution >= 0.6 is 0 Å². The number of benzene rings is 1. The van der Waals surface area contributed by atoms with E-state index in [1.807, 2.05) is 39.8 Å². The monoisotopic (exact) mass is 581 g/mol. The fraction of sp³-hybridized carbons (Fsp3) is 0.312. The van der Waals surface area contributed by atoms with Gasteiger partial charge in [-0.15, -0.1) is 0 Å². The van der Waals surface area contributed by atoms with Gasteiger partial charge in [0, 0.05) is 42.3 Å². The maximum Gasteiger partial charge on any atom is 0.322 e. The van der Waals surface area contributed by atoms with Crippen LogP contribution in [0.4, 0.5) is 4.39 Å². The number of carbonyl (C=O) groups excluding carboxylic acids is 1. The van der Waals surface area contributed by atoms with Crippen molar-refractivity contribution in [3.63, 3.8) is 0 Å². The van der Waals surface area contributed by atoms with Crippen molar-refractivity contribution in [3.8, 4) is 16.9 Å². The second-order valence-electron chi connectivity index (χ2n) is 11.3. The molecule has 1 amide bonds. The number of carbonyl (C=O) groups is 1. The number of nitrogens with zero attached hydrogens (tertiary/aromatic N) is 6. The van der Waals surface area contributed by atoms with Gasteiger partial charge >= 0.3 is 11.1 Å². The Hall–Kier alpha value is -4.93. The number of fused-ring (bicyclic) bond motifs is 2. The van der Waals surface area contributed by atoms with Crippen molar-refractivity contribution in [2.24, 2.45) is 0 Å². The molecule has 11 heteroatoms. The normalized spacial score (nSPS) is 14.2. The maximum atomic E-state index is 16.3. The molecule has 220 valence electrons. The SMILES string of the molecule is C=CC(=O)N1CCC(n2c(=O)c(=O)n(-c3c(C)ccnc3C(C)C)c3nc(-c4c(C)ccc5[nH]ncc45)c(F)cc32)CC1. The second-order valence-corrected chi connectivity index (χ2v) is 11.3. The lowest BCUT2D eigenvalue weighted by atomic mass is 10.00. The van der Waals surface area contributed by atoms with Crippen LogP contribution in [0.2, 0.25) is 0 Å². The average molecular weight is 582 g/mol. The third-order valence-electron chi connectivity index (χ3n) is 8.32. The van der Waals surface area contributed by atoms with Gasteiger partial charge in [-0.05, 0) is 61.9 Å². The second kappa shape index (κ2) is 10.7. The lowest BCUT2D eigenvalue weighted by Crippen LogP contribution is -2.46. The quantitative estimate of drug-likeness (QED) is 0.237. The molecule has 0 aliphatic carbocycles. The zero-order valence-corrected chi connectivity index (χ0v) is 24.5. The molecule has 1 aliphatic rings. The molecule has 1 saturated heterocycles. The van der Waals surface area contributed by atoms with Crippen molar-refractivity contribution < 1.29 is 9.18 Å². The Balaban J connectivity index is 1.69. The molecule has 0 bridgehead atoms. The lowest BCUT2D eigenvalue weighted by Gasteiger charge is -2.33. The number of piperidine rings is 1. The summed E-state index contributed by atoms with van der Waals surface area (Å²) in [5, 5.41) is 7.74. The number of likely N-dealkylation sites (tertiary alicyclic amines) is 1. The summed E-state index contributed by atoms with van der Waals surface area (Å²) in [5.74, 6) is -0.901. The van der Waals surface area contributed by atoms with Crippen LogP contribution in [-0.4, -0.2) is 53.2 Å². The molecule has 43 heavy (non-hydrogen) atoms. The van der Waals surface area contributed by atoms with Crippen molar-refractivity contribution in [2.75, 3.05) is 13.1 Å². The molecular weight excluding hydrogens is 549 g/mol. The van der Waals surface area contributed by atoms with Crippen molar-refractivity contribution in [3.05, 3.63) is 92.7 Å². The molecule has 1 aromatic carbocycles.